The first-order valence-corrected chi connectivity index (χ1v) is 11.5. The minimum Gasteiger partial charge on any atom is -0.452 e. The molecule has 1 aliphatic heterocycles. The molecular weight excluding hydrogens is 404 g/mol. The van der Waals surface area contributed by atoms with Gasteiger partial charge in [0.05, 0.1) is 17.0 Å². The molecule has 2 aromatic carbocycles. The lowest BCUT2D eigenvalue weighted by molar-refractivity contribution is -0.133. The first-order chi connectivity index (χ1) is 14.3. The SMILES string of the molecule is CCc1ccc(CN(C)C(=O)COC(=O)c2cccc(N3CCCS3(=O)=O)c2)cc1. The van der Waals surface area contributed by atoms with E-state index in [0.29, 0.717) is 25.2 Å². The van der Waals surface area contributed by atoms with Crippen LogP contribution in [0.1, 0.15) is 34.8 Å². The van der Waals surface area contributed by atoms with Gasteiger partial charge in [0.1, 0.15) is 0 Å². The smallest absolute Gasteiger partial charge is 0.338 e. The van der Waals surface area contributed by atoms with Gasteiger partial charge in [-0.05, 0) is 42.2 Å². The average Bonchev–Trinajstić information content (AvgIpc) is 3.11. The number of aryl methyl sites for hydroxylation is 1. The maximum absolute atomic E-state index is 12.4. The van der Waals surface area contributed by atoms with Crippen LogP contribution in [0.2, 0.25) is 0 Å². The van der Waals surface area contributed by atoms with Gasteiger partial charge in [-0.3, -0.25) is 9.10 Å². The number of ether oxygens (including phenoxy) is 1. The van der Waals surface area contributed by atoms with Crippen molar-refractivity contribution in [2.45, 2.75) is 26.3 Å². The molecule has 0 aliphatic carbocycles. The summed E-state index contributed by atoms with van der Waals surface area (Å²) in [5, 5.41) is 0. The van der Waals surface area contributed by atoms with Crippen LogP contribution in [0.15, 0.2) is 48.5 Å². The minimum atomic E-state index is -3.33. The molecule has 1 saturated heterocycles. The van der Waals surface area contributed by atoms with Crippen LogP contribution in [0.4, 0.5) is 5.69 Å². The fraction of sp³-hybridized carbons (Fsp3) is 0.364. The summed E-state index contributed by atoms with van der Waals surface area (Å²) in [6.07, 6.45) is 1.51. The highest BCUT2D eigenvalue weighted by atomic mass is 32.2. The number of hydrogen-bond acceptors (Lipinski definition) is 5. The molecule has 8 heteroatoms. The molecule has 0 N–H and O–H groups in total. The highest BCUT2D eigenvalue weighted by Gasteiger charge is 2.28. The van der Waals surface area contributed by atoms with Gasteiger partial charge in [-0.1, -0.05) is 37.3 Å². The van der Waals surface area contributed by atoms with E-state index in [1.165, 1.54) is 26.9 Å². The van der Waals surface area contributed by atoms with Crippen molar-refractivity contribution in [3.05, 3.63) is 65.2 Å². The van der Waals surface area contributed by atoms with Crippen molar-refractivity contribution in [2.24, 2.45) is 0 Å². The van der Waals surface area contributed by atoms with E-state index in [2.05, 4.69) is 6.92 Å². The van der Waals surface area contributed by atoms with Gasteiger partial charge in [-0.2, -0.15) is 0 Å². The number of benzene rings is 2. The summed E-state index contributed by atoms with van der Waals surface area (Å²) >= 11 is 0. The Hall–Kier alpha value is -2.87. The molecule has 0 bridgehead atoms. The molecule has 0 saturated carbocycles. The van der Waals surface area contributed by atoms with Crippen LogP contribution in [0.5, 0.6) is 0 Å². The number of sulfonamides is 1. The average molecular weight is 431 g/mol. The molecule has 0 aromatic heterocycles. The molecule has 1 fully saturated rings. The summed E-state index contributed by atoms with van der Waals surface area (Å²) in [6, 6.07) is 14.3. The summed E-state index contributed by atoms with van der Waals surface area (Å²) in [4.78, 5) is 26.2. The number of likely N-dealkylation sites (N-methyl/N-ethyl adjacent to an activating group) is 1. The first kappa shape index (κ1) is 21.8. The van der Waals surface area contributed by atoms with E-state index in [-0.39, 0.29) is 23.8 Å². The third-order valence-corrected chi connectivity index (χ3v) is 6.94. The van der Waals surface area contributed by atoms with Crippen LogP contribution in [-0.2, 0) is 32.5 Å². The van der Waals surface area contributed by atoms with Gasteiger partial charge < -0.3 is 9.64 Å². The van der Waals surface area contributed by atoms with E-state index in [4.69, 9.17) is 4.74 Å². The largest absolute Gasteiger partial charge is 0.452 e. The molecule has 0 spiro atoms. The van der Waals surface area contributed by atoms with Crippen LogP contribution in [0.3, 0.4) is 0 Å². The molecule has 0 atom stereocenters. The van der Waals surface area contributed by atoms with Gasteiger partial charge in [0.25, 0.3) is 5.91 Å². The summed E-state index contributed by atoms with van der Waals surface area (Å²) in [6.45, 7) is 2.51. The molecular formula is C22H26N2O5S. The van der Waals surface area contributed by atoms with Gasteiger partial charge in [0, 0.05) is 20.1 Å². The lowest BCUT2D eigenvalue weighted by Crippen LogP contribution is -2.31. The highest BCUT2D eigenvalue weighted by Crippen LogP contribution is 2.25. The number of carbonyl (C=O) groups excluding carboxylic acids is 2. The molecule has 1 aliphatic rings. The summed E-state index contributed by atoms with van der Waals surface area (Å²) in [7, 11) is -1.68. The van der Waals surface area contributed by atoms with Crippen molar-refractivity contribution in [1.82, 2.24) is 4.90 Å². The Bertz CT molecular complexity index is 1020. The van der Waals surface area contributed by atoms with E-state index >= 15 is 0 Å². The van der Waals surface area contributed by atoms with Gasteiger partial charge in [0.15, 0.2) is 6.61 Å². The van der Waals surface area contributed by atoms with E-state index in [0.717, 1.165) is 12.0 Å². The Labute approximate surface area is 177 Å². The lowest BCUT2D eigenvalue weighted by Gasteiger charge is -2.18. The second-order valence-electron chi connectivity index (χ2n) is 7.29. The zero-order valence-corrected chi connectivity index (χ0v) is 18.0. The molecule has 30 heavy (non-hydrogen) atoms. The highest BCUT2D eigenvalue weighted by molar-refractivity contribution is 7.93. The Morgan fingerprint density at radius 1 is 1.10 bits per heavy atom. The number of anilines is 1. The summed E-state index contributed by atoms with van der Waals surface area (Å²) in [5.41, 5.74) is 2.86. The zero-order valence-electron chi connectivity index (χ0n) is 17.2. The van der Waals surface area contributed by atoms with E-state index in [1.54, 1.807) is 19.2 Å². The molecule has 0 radical (unpaired) electrons. The van der Waals surface area contributed by atoms with Crippen LogP contribution in [-0.4, -0.2) is 51.1 Å². The quantitative estimate of drug-likeness (QED) is 0.631. The maximum Gasteiger partial charge on any atom is 0.338 e. The molecule has 160 valence electrons. The van der Waals surface area contributed by atoms with Crippen molar-refractivity contribution in [3.63, 3.8) is 0 Å². The first-order valence-electron chi connectivity index (χ1n) is 9.89. The monoisotopic (exact) mass is 430 g/mol. The minimum absolute atomic E-state index is 0.101. The summed E-state index contributed by atoms with van der Waals surface area (Å²) in [5.74, 6) is -0.882. The number of esters is 1. The fourth-order valence-electron chi connectivity index (χ4n) is 3.28. The number of amides is 1. The maximum atomic E-state index is 12.4. The molecule has 7 nitrogen and oxygen atoms in total. The fourth-order valence-corrected chi connectivity index (χ4v) is 4.84. The molecule has 1 amide bonds. The topological polar surface area (TPSA) is 84.0 Å². The number of hydrogen-bond donors (Lipinski definition) is 0. The number of nitrogens with zero attached hydrogens (tertiary/aromatic N) is 2. The van der Waals surface area contributed by atoms with E-state index < -0.39 is 16.0 Å². The second-order valence-corrected chi connectivity index (χ2v) is 9.30. The van der Waals surface area contributed by atoms with Crippen molar-refractivity contribution in [3.8, 4) is 0 Å². The van der Waals surface area contributed by atoms with E-state index in [9.17, 15) is 18.0 Å². The Kier molecular flexibility index (Phi) is 6.77. The van der Waals surface area contributed by atoms with Gasteiger partial charge in [-0.25, -0.2) is 13.2 Å². The van der Waals surface area contributed by atoms with Crippen LogP contribution in [0, 0.1) is 0 Å². The molecule has 3 rings (SSSR count). The third kappa shape index (κ3) is 5.18. The second kappa shape index (κ2) is 9.30. The van der Waals surface area contributed by atoms with Gasteiger partial charge in [-0.15, -0.1) is 0 Å². The predicted octanol–water partition coefficient (Wildman–Crippen LogP) is 2.60. The van der Waals surface area contributed by atoms with Crippen LogP contribution in [0.25, 0.3) is 0 Å². The predicted molar refractivity (Wildman–Crippen MR) is 115 cm³/mol. The Morgan fingerprint density at radius 2 is 1.80 bits per heavy atom. The van der Waals surface area contributed by atoms with Crippen molar-refractivity contribution in [2.75, 3.05) is 30.3 Å². The summed E-state index contributed by atoms with van der Waals surface area (Å²) < 4.78 is 30.6. The van der Waals surface area contributed by atoms with Crippen molar-refractivity contribution in [1.29, 1.82) is 0 Å². The Morgan fingerprint density at radius 3 is 2.43 bits per heavy atom. The van der Waals surface area contributed by atoms with Crippen molar-refractivity contribution < 1.29 is 22.7 Å². The van der Waals surface area contributed by atoms with Gasteiger partial charge in [0.2, 0.25) is 10.0 Å². The lowest BCUT2D eigenvalue weighted by atomic mass is 10.1. The van der Waals surface area contributed by atoms with Gasteiger partial charge >= 0.3 is 5.97 Å². The molecule has 2 aromatic rings. The van der Waals surface area contributed by atoms with E-state index in [1.807, 2.05) is 24.3 Å². The number of rotatable bonds is 7. The van der Waals surface area contributed by atoms with Crippen LogP contribution < -0.4 is 4.31 Å². The standard InChI is InChI=1S/C22H26N2O5S/c1-3-17-8-10-18(11-9-17)15-23(2)21(25)16-29-22(26)19-6-4-7-20(14-19)24-12-5-13-30(24,27)28/h4,6-11,14H,3,5,12-13,15-16H2,1-2H3. The molecule has 0 unspecified atom stereocenters. The number of carbonyl (C=O) groups is 2. The third-order valence-electron chi connectivity index (χ3n) is 5.07. The van der Waals surface area contributed by atoms with Crippen LogP contribution >= 0.6 is 0 Å². The zero-order chi connectivity index (χ0) is 21.7. The Balaban J connectivity index is 1.57. The molecule has 1 heterocycles. The van der Waals surface area contributed by atoms with Crippen molar-refractivity contribution >= 4 is 27.6 Å². The normalized spacial score (nSPS) is 15.1.